The first-order valence-electron chi connectivity index (χ1n) is 18.8. The summed E-state index contributed by atoms with van der Waals surface area (Å²) in [5.41, 5.74) is 5.70. The van der Waals surface area contributed by atoms with Crippen LogP contribution in [-0.2, 0) is 19.1 Å². The zero-order valence-electron chi connectivity index (χ0n) is 32.2. The van der Waals surface area contributed by atoms with E-state index in [2.05, 4.69) is 49.9 Å². The Morgan fingerprint density at radius 2 is 1.16 bits per heavy atom. The maximum atomic E-state index is 13.7. The molecule has 1 saturated heterocycles. The van der Waals surface area contributed by atoms with Crippen LogP contribution in [0.4, 0.5) is 9.59 Å². The minimum absolute atomic E-state index is 0.110. The van der Waals surface area contributed by atoms with Crippen LogP contribution in [-0.4, -0.2) is 93.1 Å². The summed E-state index contributed by atoms with van der Waals surface area (Å²) in [7, 11) is 2.57. The fourth-order valence-corrected chi connectivity index (χ4v) is 7.19. The highest BCUT2D eigenvalue weighted by Gasteiger charge is 2.37. The van der Waals surface area contributed by atoms with Gasteiger partial charge in [-0.05, 0) is 53.4 Å². The normalized spacial score (nSPS) is 18.0. The van der Waals surface area contributed by atoms with Gasteiger partial charge in [-0.15, -0.1) is 0 Å². The van der Waals surface area contributed by atoms with Crippen LogP contribution in [0.5, 0.6) is 0 Å². The second kappa shape index (κ2) is 17.0. The number of carbonyl (C=O) groups excluding carboxylic acids is 4. The average molecular weight is 751 g/mol. The van der Waals surface area contributed by atoms with Crippen LogP contribution in [0, 0.1) is 11.8 Å². The summed E-state index contributed by atoms with van der Waals surface area (Å²) in [6.07, 6.45) is 8.81. The van der Waals surface area contributed by atoms with Gasteiger partial charge in [0.1, 0.15) is 29.8 Å². The van der Waals surface area contributed by atoms with Gasteiger partial charge >= 0.3 is 12.2 Å². The number of amides is 4. The number of aromatic amines is 2. The molecule has 6 rings (SSSR count). The van der Waals surface area contributed by atoms with Crippen LogP contribution in [0.25, 0.3) is 33.6 Å². The molecule has 0 saturated carbocycles. The molecule has 4 atom stereocenters. The molecule has 1 unspecified atom stereocenters. The largest absolute Gasteiger partial charge is 0.453 e. The number of benzene rings is 2. The highest BCUT2D eigenvalue weighted by molar-refractivity contribution is 5.87. The summed E-state index contributed by atoms with van der Waals surface area (Å²) in [6.45, 7) is 8.57. The highest BCUT2D eigenvalue weighted by atomic mass is 16.5. The number of methoxy groups -OCH3 is 2. The molecule has 4 heterocycles. The summed E-state index contributed by atoms with van der Waals surface area (Å²) in [5, 5.41) is 5.38. The van der Waals surface area contributed by atoms with Crippen LogP contribution >= 0.6 is 0 Å². The summed E-state index contributed by atoms with van der Waals surface area (Å²) in [5.74, 6) is 0.780. The van der Waals surface area contributed by atoms with Crippen molar-refractivity contribution in [1.82, 2.24) is 40.4 Å². The van der Waals surface area contributed by atoms with Crippen molar-refractivity contribution in [3.63, 3.8) is 0 Å². The third-order valence-corrected chi connectivity index (χ3v) is 10.3. The van der Waals surface area contributed by atoms with Crippen LogP contribution in [0.2, 0.25) is 0 Å². The molecule has 1 fully saturated rings. The van der Waals surface area contributed by atoms with Crippen LogP contribution in [0.1, 0.15) is 70.7 Å². The number of hydrogen-bond donors (Lipinski definition) is 4. The Hall–Kier alpha value is -5.92. The number of nitrogens with one attached hydrogen (secondary N) is 4. The van der Waals surface area contributed by atoms with Crippen LogP contribution in [0.15, 0.2) is 73.1 Å². The molecular formula is C41H50N8O6. The molecule has 0 radical (unpaired) electrons. The molecule has 2 aliphatic heterocycles. The minimum Gasteiger partial charge on any atom is -0.453 e. The fraction of sp³-hybridized carbons (Fsp3) is 0.415. The first kappa shape index (κ1) is 38.8. The van der Waals surface area contributed by atoms with Gasteiger partial charge in [-0.2, -0.15) is 0 Å². The first-order chi connectivity index (χ1) is 26.5. The lowest BCUT2D eigenvalue weighted by Gasteiger charge is -2.37. The van der Waals surface area contributed by atoms with Gasteiger partial charge in [-0.1, -0.05) is 88.4 Å². The van der Waals surface area contributed by atoms with Gasteiger partial charge in [-0.25, -0.2) is 19.6 Å². The molecule has 14 heteroatoms. The Kier molecular flexibility index (Phi) is 12.0. The number of alkyl carbamates (subject to hydrolysis) is 2. The summed E-state index contributed by atoms with van der Waals surface area (Å²) >= 11 is 0. The second-order valence-corrected chi connectivity index (χ2v) is 14.6. The summed E-state index contributed by atoms with van der Waals surface area (Å²) < 4.78 is 9.51. The molecule has 0 spiro atoms. The number of piperidine rings is 1. The Morgan fingerprint density at radius 1 is 0.691 bits per heavy atom. The number of nitrogens with zero attached hydrogens (tertiary/aromatic N) is 4. The van der Waals surface area contributed by atoms with Crippen LogP contribution < -0.4 is 10.6 Å². The zero-order valence-corrected chi connectivity index (χ0v) is 32.2. The standard InChI is InChI=1S/C41H50N8O6/c1-24(2)34(46-40(52)54-5)38(50)48-20-8-7-10-32(48)36-42-22-30(44-36)28-16-12-26(13-17-28)27-14-18-29(19-15-27)31-23-43-37(45-31)33-11-9-21-49(33)39(51)35(25(3)4)47-41(53)55-6/h9,11-19,22-25,32-35H,7-8,10,20-21H2,1-6H3,(H,42,44)(H,43,45)(H,46,52)(H,47,53)/t32-,33-,34?,35-/m0/s1. The number of imidazole rings is 2. The number of hydrogen-bond acceptors (Lipinski definition) is 8. The Morgan fingerprint density at radius 3 is 1.67 bits per heavy atom. The molecular weight excluding hydrogens is 701 g/mol. The zero-order chi connectivity index (χ0) is 39.2. The van der Waals surface area contributed by atoms with E-state index in [-0.39, 0.29) is 35.7 Å². The molecule has 0 bridgehead atoms. The molecule has 2 aromatic heterocycles. The van der Waals surface area contributed by atoms with E-state index >= 15 is 0 Å². The predicted octanol–water partition coefficient (Wildman–Crippen LogP) is 6.39. The van der Waals surface area contributed by atoms with E-state index in [1.807, 2.05) is 69.0 Å². The molecule has 0 aliphatic carbocycles. The maximum Gasteiger partial charge on any atom is 0.407 e. The Bertz CT molecular complexity index is 2000. The molecule has 4 amide bonds. The summed E-state index contributed by atoms with van der Waals surface area (Å²) in [4.78, 5) is 70.8. The van der Waals surface area contributed by atoms with Gasteiger partial charge < -0.3 is 39.9 Å². The number of carbonyl (C=O) groups is 4. The lowest BCUT2D eigenvalue weighted by Crippen LogP contribution is -2.53. The van der Waals surface area contributed by atoms with Gasteiger partial charge in [0, 0.05) is 13.1 Å². The smallest absolute Gasteiger partial charge is 0.407 e. The second-order valence-electron chi connectivity index (χ2n) is 14.6. The highest BCUT2D eigenvalue weighted by Crippen LogP contribution is 2.33. The van der Waals surface area contributed by atoms with Gasteiger partial charge in [0.15, 0.2) is 0 Å². The Labute approximate surface area is 321 Å². The van der Waals surface area contributed by atoms with Crippen molar-refractivity contribution in [2.24, 2.45) is 11.8 Å². The number of rotatable bonds is 11. The molecule has 290 valence electrons. The van der Waals surface area contributed by atoms with Gasteiger partial charge in [0.2, 0.25) is 11.8 Å². The molecule has 2 aromatic carbocycles. The van der Waals surface area contributed by atoms with E-state index in [0.29, 0.717) is 18.9 Å². The molecule has 55 heavy (non-hydrogen) atoms. The monoisotopic (exact) mass is 750 g/mol. The molecule has 14 nitrogen and oxygen atoms in total. The van der Waals surface area contributed by atoms with E-state index < -0.39 is 24.3 Å². The Balaban J connectivity index is 1.12. The third kappa shape index (κ3) is 8.58. The first-order valence-corrected chi connectivity index (χ1v) is 18.8. The maximum absolute atomic E-state index is 13.7. The molecule has 4 aromatic rings. The number of aromatic nitrogens is 4. The number of H-pyrrole nitrogens is 2. The van der Waals surface area contributed by atoms with E-state index in [1.165, 1.54) is 14.2 Å². The predicted molar refractivity (Wildman–Crippen MR) is 207 cm³/mol. The third-order valence-electron chi connectivity index (χ3n) is 10.3. The number of ether oxygens (including phenoxy) is 2. The minimum atomic E-state index is -0.727. The average Bonchev–Trinajstić information content (AvgIpc) is 4.00. The van der Waals surface area contributed by atoms with Crippen molar-refractivity contribution >= 4 is 24.0 Å². The van der Waals surface area contributed by atoms with E-state index in [4.69, 9.17) is 14.5 Å². The van der Waals surface area contributed by atoms with Crippen molar-refractivity contribution in [2.45, 2.75) is 71.1 Å². The van der Waals surface area contributed by atoms with Crippen molar-refractivity contribution in [1.29, 1.82) is 0 Å². The van der Waals surface area contributed by atoms with Gasteiger partial charge in [-0.3, -0.25) is 9.59 Å². The van der Waals surface area contributed by atoms with Crippen molar-refractivity contribution in [3.8, 4) is 33.6 Å². The van der Waals surface area contributed by atoms with E-state index in [9.17, 15) is 19.2 Å². The van der Waals surface area contributed by atoms with E-state index in [0.717, 1.165) is 58.7 Å². The summed E-state index contributed by atoms with van der Waals surface area (Å²) in [6, 6.07) is 14.4. The van der Waals surface area contributed by atoms with Crippen molar-refractivity contribution in [3.05, 3.63) is 84.7 Å². The molecule has 2 aliphatic rings. The SMILES string of the molecule is COC(=O)NC(C(=O)N1CCCC[C@H]1c1ncc(-c2ccc(-c3ccc(-c4cnc([C@@H]5C=CCN5C(=O)[C@@H](NC(=O)OC)C(C)C)[nH]4)cc3)cc2)[nH]1)C(C)C. The lowest BCUT2D eigenvalue weighted by molar-refractivity contribution is -0.138. The quantitative estimate of drug-likeness (QED) is 0.128. The fourth-order valence-electron chi connectivity index (χ4n) is 7.19. The topological polar surface area (TPSA) is 175 Å². The van der Waals surface area contributed by atoms with Gasteiger partial charge in [0.05, 0.1) is 44.0 Å². The van der Waals surface area contributed by atoms with Crippen LogP contribution in [0.3, 0.4) is 0 Å². The van der Waals surface area contributed by atoms with Crippen molar-refractivity contribution < 1.29 is 28.7 Å². The molecule has 4 N–H and O–H groups in total. The lowest BCUT2D eigenvalue weighted by atomic mass is 9.97. The van der Waals surface area contributed by atoms with Gasteiger partial charge in [0.25, 0.3) is 0 Å². The van der Waals surface area contributed by atoms with E-state index in [1.54, 1.807) is 17.3 Å². The van der Waals surface area contributed by atoms with Crippen molar-refractivity contribution in [2.75, 3.05) is 27.3 Å². The number of likely N-dealkylation sites (tertiary alicyclic amines) is 1.